The topological polar surface area (TPSA) is 158 Å². The van der Waals surface area contributed by atoms with E-state index in [1.54, 1.807) is 51.1 Å². The van der Waals surface area contributed by atoms with Gasteiger partial charge in [-0.3, -0.25) is 4.57 Å². The fraction of sp³-hybridized carbons (Fsp3) is 0.484. The third-order valence-corrected chi connectivity index (χ3v) is 10.6. The molecule has 260 valence electrons. The van der Waals surface area contributed by atoms with Crippen LogP contribution < -0.4 is 19.4 Å². The van der Waals surface area contributed by atoms with Crippen LogP contribution in [0, 0.1) is 27.7 Å². The number of nitrogens with two attached hydrogens (primary N) is 1. The van der Waals surface area contributed by atoms with Crippen LogP contribution in [0.1, 0.15) is 53.8 Å². The van der Waals surface area contributed by atoms with Crippen LogP contribution >= 0.6 is 7.60 Å². The van der Waals surface area contributed by atoms with Gasteiger partial charge in [-0.2, -0.15) is 22.2 Å². The number of halogens is 2. The number of nitrogen functional groups attached to an aromatic ring is 1. The molecule has 3 aromatic rings. The van der Waals surface area contributed by atoms with Crippen molar-refractivity contribution in [1.29, 1.82) is 0 Å². The van der Waals surface area contributed by atoms with Crippen molar-refractivity contribution in [1.82, 2.24) is 9.97 Å². The third-order valence-electron chi connectivity index (χ3n) is 6.90. The normalized spacial score (nSPS) is 12.3. The molecule has 47 heavy (non-hydrogen) atoms. The molecule has 0 spiro atoms. The highest BCUT2D eigenvalue weighted by Crippen LogP contribution is 2.63. The molecule has 0 aliphatic heterocycles. The van der Waals surface area contributed by atoms with Crippen LogP contribution in [0.25, 0.3) is 0 Å². The van der Waals surface area contributed by atoms with Crippen LogP contribution in [-0.4, -0.2) is 64.2 Å². The summed E-state index contributed by atoms with van der Waals surface area (Å²) in [4.78, 5) is 8.37. The van der Waals surface area contributed by atoms with Gasteiger partial charge in [0.25, 0.3) is 0 Å². The fourth-order valence-corrected chi connectivity index (χ4v) is 7.77. The Labute approximate surface area is 274 Å². The van der Waals surface area contributed by atoms with Gasteiger partial charge in [0.1, 0.15) is 23.0 Å². The first-order chi connectivity index (χ1) is 22.1. The Morgan fingerprint density at radius 3 is 2.17 bits per heavy atom. The zero-order valence-electron chi connectivity index (χ0n) is 27.6. The number of ether oxygens (including phenoxy) is 3. The highest BCUT2D eigenvalue weighted by Gasteiger charge is 2.52. The maximum absolute atomic E-state index is 14.5. The highest BCUT2D eigenvalue weighted by molar-refractivity contribution is 7.87. The molecule has 1 heterocycles. The first kappa shape index (κ1) is 38.1. The lowest BCUT2D eigenvalue weighted by Crippen LogP contribution is -2.23. The summed E-state index contributed by atoms with van der Waals surface area (Å²) in [6.07, 6.45) is -0.713. The lowest BCUT2D eigenvalue weighted by Gasteiger charge is -2.25. The molecule has 2 aromatic carbocycles. The van der Waals surface area contributed by atoms with Crippen molar-refractivity contribution in [2.45, 2.75) is 64.9 Å². The van der Waals surface area contributed by atoms with Crippen LogP contribution in [0.5, 0.6) is 17.4 Å². The van der Waals surface area contributed by atoms with Crippen molar-refractivity contribution in [3.63, 3.8) is 0 Å². The first-order valence-electron chi connectivity index (χ1n) is 14.9. The quantitative estimate of drug-likeness (QED) is 0.0897. The van der Waals surface area contributed by atoms with Crippen molar-refractivity contribution < 1.29 is 49.2 Å². The molecule has 12 nitrogen and oxygen atoms in total. The Morgan fingerprint density at radius 1 is 0.936 bits per heavy atom. The van der Waals surface area contributed by atoms with Crippen LogP contribution in [-0.2, 0) is 34.9 Å². The summed E-state index contributed by atoms with van der Waals surface area (Å²) in [6, 6.07) is 8.52. The predicted molar refractivity (Wildman–Crippen MR) is 172 cm³/mol. The summed E-state index contributed by atoms with van der Waals surface area (Å²) in [6.45, 7) is 9.10. The van der Waals surface area contributed by atoms with Crippen molar-refractivity contribution in [3.05, 3.63) is 63.8 Å². The average Bonchev–Trinajstić information content (AvgIpc) is 2.96. The molecular weight excluding hydrogens is 659 g/mol. The van der Waals surface area contributed by atoms with Crippen LogP contribution in [0.15, 0.2) is 35.2 Å². The molecule has 2 N–H and O–H groups in total. The second-order valence-electron chi connectivity index (χ2n) is 10.6. The van der Waals surface area contributed by atoms with Gasteiger partial charge in [-0.1, -0.05) is 23.8 Å². The summed E-state index contributed by atoms with van der Waals surface area (Å²) in [5.74, 6) is 0.485. The summed E-state index contributed by atoms with van der Waals surface area (Å²) < 4.78 is 99.9. The number of rotatable bonds is 18. The van der Waals surface area contributed by atoms with E-state index in [4.69, 9.17) is 33.2 Å². The smallest absolute Gasteiger partial charge is 0.399 e. The van der Waals surface area contributed by atoms with Gasteiger partial charge in [0.05, 0.1) is 39.2 Å². The van der Waals surface area contributed by atoms with Gasteiger partial charge >= 0.3 is 23.4 Å². The SMILES string of the molecule is CCOP(=O)(OCC)C(F)(F)CCOCCOc1ccc(Cc2c(C)nc(N)nc2OS(=O)(=O)c2c(C)cc(C)cc2C)c(OC)c1. The summed E-state index contributed by atoms with van der Waals surface area (Å²) >= 11 is 0. The Kier molecular flexibility index (Phi) is 13.1. The van der Waals surface area contributed by atoms with E-state index in [-0.39, 0.29) is 49.6 Å². The lowest BCUT2D eigenvalue weighted by molar-refractivity contribution is -0.000497. The van der Waals surface area contributed by atoms with Gasteiger partial charge in [-0.05, 0) is 64.3 Å². The summed E-state index contributed by atoms with van der Waals surface area (Å²) in [7, 11) is -7.43. The van der Waals surface area contributed by atoms with E-state index in [1.807, 2.05) is 6.92 Å². The maximum Gasteiger partial charge on any atom is 0.399 e. The molecule has 0 amide bonds. The standard InChI is InChI=1S/C31H42F2N3O9PS/c1-8-43-46(37,44-9-2)31(32,33)12-13-41-14-15-42-25-11-10-24(27(19-25)40-7)18-26-23(6)35-30(34)36-29(26)45-47(38,39)28-21(4)16-20(3)17-22(28)5/h10-11,16-17,19H,8-9,12-15,18H2,1-7H3,(H2,34,35,36). The molecule has 0 saturated heterocycles. The molecule has 0 radical (unpaired) electrons. The highest BCUT2D eigenvalue weighted by atomic mass is 32.2. The minimum Gasteiger partial charge on any atom is -0.496 e. The minimum absolute atomic E-state index is 0.0230. The van der Waals surface area contributed by atoms with Gasteiger partial charge < -0.3 is 33.2 Å². The molecule has 0 unspecified atom stereocenters. The number of nitrogens with zero attached hydrogens (tertiary/aromatic N) is 2. The van der Waals surface area contributed by atoms with E-state index in [2.05, 4.69) is 9.97 Å². The monoisotopic (exact) mass is 701 g/mol. The third kappa shape index (κ3) is 9.60. The van der Waals surface area contributed by atoms with E-state index in [1.165, 1.54) is 21.0 Å². The second-order valence-corrected chi connectivity index (χ2v) is 14.2. The van der Waals surface area contributed by atoms with Gasteiger partial charge in [0.15, 0.2) is 0 Å². The molecule has 0 aliphatic carbocycles. The Morgan fingerprint density at radius 2 is 1.57 bits per heavy atom. The van der Waals surface area contributed by atoms with Crippen molar-refractivity contribution in [3.8, 4) is 17.4 Å². The molecule has 0 aliphatic rings. The number of hydrogen-bond acceptors (Lipinski definition) is 12. The maximum atomic E-state index is 14.5. The van der Waals surface area contributed by atoms with E-state index in [0.717, 1.165) is 5.56 Å². The van der Waals surface area contributed by atoms with Crippen molar-refractivity contribution in [2.75, 3.05) is 45.9 Å². The Hall–Kier alpha value is -3.36. The molecule has 0 fully saturated rings. The van der Waals surface area contributed by atoms with Crippen LogP contribution in [0.4, 0.5) is 14.7 Å². The second kappa shape index (κ2) is 16.2. The number of benzene rings is 2. The number of methoxy groups -OCH3 is 1. The molecule has 1 aromatic heterocycles. The molecule has 0 bridgehead atoms. The van der Waals surface area contributed by atoms with E-state index in [9.17, 15) is 21.8 Å². The number of aryl methyl sites for hydroxylation is 4. The number of alkyl halides is 2. The van der Waals surface area contributed by atoms with Gasteiger partial charge in [-0.25, -0.2) is 4.98 Å². The number of hydrogen-bond donors (Lipinski definition) is 1. The largest absolute Gasteiger partial charge is 0.496 e. The van der Waals surface area contributed by atoms with E-state index >= 15 is 0 Å². The minimum atomic E-state index is -4.61. The van der Waals surface area contributed by atoms with Crippen molar-refractivity contribution in [2.24, 2.45) is 0 Å². The van der Waals surface area contributed by atoms with Gasteiger partial charge in [-0.15, -0.1) is 0 Å². The summed E-state index contributed by atoms with van der Waals surface area (Å²) in [5.41, 5.74) is 5.62. The van der Waals surface area contributed by atoms with E-state index in [0.29, 0.717) is 39.4 Å². The first-order valence-corrected chi connectivity index (χ1v) is 17.8. The Bertz CT molecular complexity index is 1670. The average molecular weight is 702 g/mol. The fourth-order valence-electron chi connectivity index (χ4n) is 4.94. The predicted octanol–water partition coefficient (Wildman–Crippen LogP) is 6.30. The molecule has 16 heteroatoms. The molecule has 0 saturated carbocycles. The lowest BCUT2D eigenvalue weighted by atomic mass is 10.0. The summed E-state index contributed by atoms with van der Waals surface area (Å²) in [5, 5.41) is 0. The number of aromatic nitrogens is 2. The molecule has 3 rings (SSSR count). The van der Waals surface area contributed by atoms with Crippen molar-refractivity contribution >= 4 is 23.7 Å². The Balaban J connectivity index is 1.70. The zero-order valence-corrected chi connectivity index (χ0v) is 29.3. The van der Waals surface area contributed by atoms with Crippen LogP contribution in [0.3, 0.4) is 0 Å². The van der Waals surface area contributed by atoms with Gasteiger partial charge in [0, 0.05) is 24.5 Å². The molecular formula is C31H42F2N3O9PS. The van der Waals surface area contributed by atoms with Gasteiger partial charge in [0.2, 0.25) is 11.8 Å². The molecule has 0 atom stereocenters. The zero-order chi connectivity index (χ0) is 35.0. The van der Waals surface area contributed by atoms with E-state index < -0.39 is 36.4 Å². The number of anilines is 1. The van der Waals surface area contributed by atoms with Crippen LogP contribution in [0.2, 0.25) is 0 Å².